The van der Waals surface area contributed by atoms with Crippen LogP contribution in [0, 0.1) is 0 Å². The van der Waals surface area contributed by atoms with Crippen LogP contribution in [0.15, 0.2) is 18.2 Å². The summed E-state index contributed by atoms with van der Waals surface area (Å²) in [6.07, 6.45) is 7.27. The average molecular weight is 320 g/mol. The zero-order valence-electron chi connectivity index (χ0n) is 14.2. The van der Waals surface area contributed by atoms with E-state index in [1.165, 1.54) is 25.7 Å². The van der Waals surface area contributed by atoms with Gasteiger partial charge in [-0.15, -0.1) is 0 Å². The van der Waals surface area contributed by atoms with Gasteiger partial charge in [-0.25, -0.2) is 0 Å². The van der Waals surface area contributed by atoms with Gasteiger partial charge >= 0.3 is 0 Å². The maximum absolute atomic E-state index is 12.0. The smallest absolute Gasteiger partial charge is 0.234 e. The van der Waals surface area contributed by atoms with Crippen molar-refractivity contribution in [1.82, 2.24) is 10.6 Å². The number of ether oxygens (including phenoxy) is 2. The third-order valence-electron chi connectivity index (χ3n) is 4.28. The minimum absolute atomic E-state index is 0.0809. The summed E-state index contributed by atoms with van der Waals surface area (Å²) in [5.41, 5.74) is 1.06. The van der Waals surface area contributed by atoms with E-state index in [1.54, 1.807) is 14.2 Å². The third kappa shape index (κ3) is 5.75. The Morgan fingerprint density at radius 1 is 1.09 bits per heavy atom. The highest BCUT2D eigenvalue weighted by molar-refractivity contribution is 5.78. The van der Waals surface area contributed by atoms with Crippen LogP contribution in [-0.2, 0) is 11.3 Å². The van der Waals surface area contributed by atoms with Gasteiger partial charge in [-0.3, -0.25) is 4.79 Å². The molecule has 0 radical (unpaired) electrons. The van der Waals surface area contributed by atoms with Gasteiger partial charge in [0, 0.05) is 12.6 Å². The summed E-state index contributed by atoms with van der Waals surface area (Å²) >= 11 is 0. The lowest BCUT2D eigenvalue weighted by Gasteiger charge is -2.16. The summed E-state index contributed by atoms with van der Waals surface area (Å²) in [5, 5.41) is 6.33. The zero-order chi connectivity index (χ0) is 16.5. The van der Waals surface area contributed by atoms with Crippen molar-refractivity contribution < 1.29 is 14.3 Å². The summed E-state index contributed by atoms with van der Waals surface area (Å²) in [6, 6.07) is 6.13. The number of nitrogens with one attached hydrogen (secondary N) is 2. The molecule has 1 saturated carbocycles. The second-order valence-electron chi connectivity index (χ2n) is 6.05. The lowest BCUT2D eigenvalue weighted by atomic mass is 10.1. The van der Waals surface area contributed by atoms with E-state index in [0.29, 0.717) is 30.6 Å². The standard InChI is InChI=1S/C18H28N2O3/c1-22-16-10-9-14(11-17(16)23-2)12-19-13-18(21)20-15-7-5-3-4-6-8-15/h9-11,15,19H,3-8,12-13H2,1-2H3,(H,20,21). The number of benzene rings is 1. The monoisotopic (exact) mass is 320 g/mol. The molecule has 1 amide bonds. The molecule has 1 aliphatic rings. The maximum atomic E-state index is 12.0. The minimum Gasteiger partial charge on any atom is -0.493 e. The van der Waals surface area contributed by atoms with Crippen molar-refractivity contribution in [2.75, 3.05) is 20.8 Å². The number of hydrogen-bond donors (Lipinski definition) is 2. The maximum Gasteiger partial charge on any atom is 0.234 e. The summed E-state index contributed by atoms with van der Waals surface area (Å²) in [4.78, 5) is 12.0. The number of methoxy groups -OCH3 is 2. The second kappa shape index (κ2) is 9.40. The Kier molecular flexibility index (Phi) is 7.20. The third-order valence-corrected chi connectivity index (χ3v) is 4.28. The van der Waals surface area contributed by atoms with Crippen molar-refractivity contribution >= 4 is 5.91 Å². The first-order valence-electron chi connectivity index (χ1n) is 8.44. The molecule has 0 unspecified atom stereocenters. The highest BCUT2D eigenvalue weighted by Crippen LogP contribution is 2.27. The Balaban J connectivity index is 1.74. The lowest BCUT2D eigenvalue weighted by molar-refractivity contribution is -0.121. The molecular weight excluding hydrogens is 292 g/mol. The first kappa shape index (κ1) is 17.6. The molecule has 0 heterocycles. The minimum atomic E-state index is 0.0809. The highest BCUT2D eigenvalue weighted by Gasteiger charge is 2.14. The van der Waals surface area contributed by atoms with Crippen molar-refractivity contribution in [3.8, 4) is 11.5 Å². The van der Waals surface area contributed by atoms with E-state index in [0.717, 1.165) is 18.4 Å². The Hall–Kier alpha value is -1.75. The molecule has 1 aromatic rings. The number of carbonyl (C=O) groups excluding carboxylic acids is 1. The van der Waals surface area contributed by atoms with Crippen LogP contribution in [0.3, 0.4) is 0 Å². The molecule has 23 heavy (non-hydrogen) atoms. The molecule has 5 nitrogen and oxygen atoms in total. The van der Waals surface area contributed by atoms with Crippen LogP contribution in [0.2, 0.25) is 0 Å². The van der Waals surface area contributed by atoms with Gasteiger partial charge in [0.2, 0.25) is 5.91 Å². The van der Waals surface area contributed by atoms with E-state index in [9.17, 15) is 4.79 Å². The van der Waals surface area contributed by atoms with Crippen LogP contribution in [0.1, 0.15) is 44.1 Å². The van der Waals surface area contributed by atoms with Crippen molar-refractivity contribution in [1.29, 1.82) is 0 Å². The summed E-state index contributed by atoms with van der Waals surface area (Å²) < 4.78 is 10.5. The SMILES string of the molecule is COc1ccc(CNCC(=O)NC2CCCCCC2)cc1OC. The first-order chi connectivity index (χ1) is 11.2. The van der Waals surface area contributed by atoms with Gasteiger partial charge in [0.1, 0.15) is 0 Å². The Labute approximate surface area is 138 Å². The number of carbonyl (C=O) groups is 1. The molecule has 2 rings (SSSR count). The Morgan fingerprint density at radius 3 is 2.43 bits per heavy atom. The van der Waals surface area contributed by atoms with E-state index in [-0.39, 0.29) is 5.91 Å². The van der Waals surface area contributed by atoms with Crippen LogP contribution in [-0.4, -0.2) is 32.7 Å². The molecule has 0 saturated heterocycles. The topological polar surface area (TPSA) is 59.6 Å². The van der Waals surface area contributed by atoms with E-state index in [1.807, 2.05) is 18.2 Å². The normalized spacial score (nSPS) is 15.7. The van der Waals surface area contributed by atoms with Gasteiger partial charge in [0.05, 0.1) is 20.8 Å². The highest BCUT2D eigenvalue weighted by atomic mass is 16.5. The van der Waals surface area contributed by atoms with Crippen molar-refractivity contribution in [3.05, 3.63) is 23.8 Å². The van der Waals surface area contributed by atoms with Crippen molar-refractivity contribution in [3.63, 3.8) is 0 Å². The van der Waals surface area contributed by atoms with Crippen LogP contribution < -0.4 is 20.1 Å². The fourth-order valence-corrected chi connectivity index (χ4v) is 3.01. The second-order valence-corrected chi connectivity index (χ2v) is 6.05. The number of rotatable bonds is 7. The van der Waals surface area contributed by atoms with Gasteiger partial charge in [0.25, 0.3) is 0 Å². The molecular formula is C18H28N2O3. The summed E-state index contributed by atoms with van der Waals surface area (Å²) in [6.45, 7) is 0.962. The molecule has 5 heteroatoms. The van der Waals surface area contributed by atoms with Crippen LogP contribution >= 0.6 is 0 Å². The number of amides is 1. The van der Waals surface area contributed by atoms with E-state index in [2.05, 4.69) is 10.6 Å². The molecule has 0 atom stereocenters. The molecule has 2 N–H and O–H groups in total. The molecule has 0 spiro atoms. The fourth-order valence-electron chi connectivity index (χ4n) is 3.01. The number of hydrogen-bond acceptors (Lipinski definition) is 4. The predicted octanol–water partition coefficient (Wildman–Crippen LogP) is 2.63. The van der Waals surface area contributed by atoms with Crippen LogP contribution in [0.4, 0.5) is 0 Å². The van der Waals surface area contributed by atoms with E-state index in [4.69, 9.17) is 9.47 Å². The fraction of sp³-hybridized carbons (Fsp3) is 0.611. The van der Waals surface area contributed by atoms with Crippen molar-refractivity contribution in [2.45, 2.75) is 51.1 Å². The summed E-state index contributed by atoms with van der Waals surface area (Å²) in [7, 11) is 3.24. The largest absolute Gasteiger partial charge is 0.493 e. The molecule has 1 aliphatic carbocycles. The molecule has 1 aromatic carbocycles. The molecule has 128 valence electrons. The van der Waals surface area contributed by atoms with Crippen molar-refractivity contribution in [2.24, 2.45) is 0 Å². The van der Waals surface area contributed by atoms with Gasteiger partial charge < -0.3 is 20.1 Å². The van der Waals surface area contributed by atoms with Gasteiger partial charge in [-0.1, -0.05) is 31.7 Å². The Morgan fingerprint density at radius 2 is 1.78 bits per heavy atom. The van der Waals surface area contributed by atoms with Gasteiger partial charge in [-0.2, -0.15) is 0 Å². The van der Waals surface area contributed by atoms with E-state index >= 15 is 0 Å². The van der Waals surface area contributed by atoms with Crippen LogP contribution in [0.25, 0.3) is 0 Å². The zero-order valence-corrected chi connectivity index (χ0v) is 14.2. The summed E-state index contributed by atoms with van der Waals surface area (Å²) in [5.74, 6) is 1.49. The van der Waals surface area contributed by atoms with E-state index < -0.39 is 0 Å². The van der Waals surface area contributed by atoms with Gasteiger partial charge in [0.15, 0.2) is 11.5 Å². The Bertz CT molecular complexity index is 497. The van der Waals surface area contributed by atoms with Gasteiger partial charge in [-0.05, 0) is 30.5 Å². The quantitative estimate of drug-likeness (QED) is 0.758. The lowest BCUT2D eigenvalue weighted by Crippen LogP contribution is -2.40. The molecule has 1 fully saturated rings. The molecule has 0 bridgehead atoms. The van der Waals surface area contributed by atoms with Crippen LogP contribution in [0.5, 0.6) is 11.5 Å². The predicted molar refractivity (Wildman–Crippen MR) is 90.9 cm³/mol. The molecule has 0 aromatic heterocycles. The average Bonchev–Trinajstić information content (AvgIpc) is 2.83. The first-order valence-corrected chi connectivity index (χ1v) is 8.44. The molecule has 0 aliphatic heterocycles.